The van der Waals surface area contributed by atoms with E-state index in [0.717, 1.165) is 23.5 Å². The lowest BCUT2D eigenvalue weighted by Gasteiger charge is -2.42. The van der Waals surface area contributed by atoms with Crippen molar-refractivity contribution in [2.24, 2.45) is 23.7 Å². The van der Waals surface area contributed by atoms with Gasteiger partial charge in [-0.2, -0.15) is 13.2 Å². The van der Waals surface area contributed by atoms with Crippen molar-refractivity contribution in [3.8, 4) is 5.75 Å². The summed E-state index contributed by atoms with van der Waals surface area (Å²) in [7, 11) is 1.52. The monoisotopic (exact) mass is 582 g/mol. The highest BCUT2D eigenvalue weighted by Crippen LogP contribution is 2.54. The highest BCUT2D eigenvalue weighted by Gasteiger charge is 2.59. The summed E-state index contributed by atoms with van der Waals surface area (Å²) in [6.07, 6.45) is -4.54. The van der Waals surface area contributed by atoms with Gasteiger partial charge in [-0.05, 0) is 60.1 Å². The summed E-state index contributed by atoms with van der Waals surface area (Å²) in [5, 5.41) is 0.392. The Bertz CT molecular complexity index is 1560. The van der Waals surface area contributed by atoms with Gasteiger partial charge in [0.2, 0.25) is 0 Å². The van der Waals surface area contributed by atoms with Crippen molar-refractivity contribution in [2.75, 3.05) is 57.4 Å². The fourth-order valence-corrected chi connectivity index (χ4v) is 6.94. The van der Waals surface area contributed by atoms with E-state index in [-0.39, 0.29) is 53.8 Å². The Balaban J connectivity index is 1.07. The lowest BCUT2D eigenvalue weighted by atomic mass is 9.60. The number of hydrogen-bond donors (Lipinski definition) is 3. The second-order valence-electron chi connectivity index (χ2n) is 11.3. The van der Waals surface area contributed by atoms with Gasteiger partial charge < -0.3 is 30.1 Å². The summed E-state index contributed by atoms with van der Waals surface area (Å²) in [6.45, 7) is 2.78. The molecule has 10 nitrogen and oxygen atoms in total. The molecule has 3 N–H and O–H groups in total. The van der Waals surface area contributed by atoms with Crippen molar-refractivity contribution in [3.05, 3.63) is 59.3 Å². The van der Waals surface area contributed by atoms with Crippen LogP contribution in [0, 0.1) is 23.7 Å². The first-order valence-electron chi connectivity index (χ1n) is 13.8. The largest absolute Gasteiger partial charge is 0.490 e. The number of pyridine rings is 1. The number of likely N-dealkylation sites (tertiary alicyclic amines) is 2. The van der Waals surface area contributed by atoms with Crippen LogP contribution in [0.15, 0.2) is 42.5 Å². The van der Waals surface area contributed by atoms with Gasteiger partial charge in [0, 0.05) is 50.3 Å². The average molecular weight is 583 g/mol. The zero-order valence-corrected chi connectivity index (χ0v) is 22.7. The summed E-state index contributed by atoms with van der Waals surface area (Å²) in [5.41, 5.74) is 10.3. The van der Waals surface area contributed by atoms with Crippen molar-refractivity contribution in [1.29, 1.82) is 0 Å². The molecule has 3 fully saturated rings. The number of hydrazine groups is 2. The Morgan fingerprint density at radius 1 is 0.881 bits per heavy atom. The number of ether oxygens (including phenoxy) is 2. The second-order valence-corrected chi connectivity index (χ2v) is 11.3. The predicted octanol–water partition coefficient (Wildman–Crippen LogP) is 3.63. The second kappa shape index (κ2) is 10.0. The van der Waals surface area contributed by atoms with E-state index in [1.807, 2.05) is 23.1 Å². The molecule has 0 spiro atoms. The van der Waals surface area contributed by atoms with Gasteiger partial charge in [-0.3, -0.25) is 9.59 Å². The van der Waals surface area contributed by atoms with Gasteiger partial charge in [0.25, 0.3) is 11.8 Å². The molecule has 1 aliphatic carbocycles. The fourth-order valence-electron chi connectivity index (χ4n) is 6.94. The zero-order valence-electron chi connectivity index (χ0n) is 22.7. The number of rotatable bonds is 6. The Morgan fingerprint density at radius 3 is 2.21 bits per heavy atom. The summed E-state index contributed by atoms with van der Waals surface area (Å²) in [4.78, 5) is 34.9. The fraction of sp³-hybridized carbons (Fsp3) is 0.414. The highest BCUT2D eigenvalue weighted by atomic mass is 19.4. The van der Waals surface area contributed by atoms with E-state index in [4.69, 9.17) is 9.47 Å². The molecule has 1 saturated carbocycles. The van der Waals surface area contributed by atoms with Crippen LogP contribution < -0.4 is 21.1 Å². The number of methoxy groups -OCH3 is 1. The molecule has 7 rings (SSSR count). The lowest BCUT2D eigenvalue weighted by molar-refractivity contribution is -0.137. The minimum Gasteiger partial charge on any atom is -0.490 e. The van der Waals surface area contributed by atoms with Gasteiger partial charge in [0.05, 0.1) is 29.1 Å². The maximum absolute atomic E-state index is 13.6. The van der Waals surface area contributed by atoms with Gasteiger partial charge in [-0.1, -0.05) is 0 Å². The third-order valence-corrected chi connectivity index (χ3v) is 9.02. The number of fused-ring (bicyclic) bond motifs is 6. The highest BCUT2D eigenvalue weighted by molar-refractivity contribution is 5.98. The minimum absolute atomic E-state index is 0.00787. The van der Waals surface area contributed by atoms with E-state index in [2.05, 4.69) is 21.4 Å². The van der Waals surface area contributed by atoms with Crippen molar-refractivity contribution in [1.82, 2.24) is 20.3 Å². The van der Waals surface area contributed by atoms with Gasteiger partial charge in [0.15, 0.2) is 0 Å². The van der Waals surface area contributed by atoms with E-state index < -0.39 is 11.7 Å². The number of benzene rings is 2. The quantitative estimate of drug-likeness (QED) is 0.379. The molecule has 2 saturated heterocycles. The molecule has 4 atom stereocenters. The molecular formula is C29H29F3N6O4. The van der Waals surface area contributed by atoms with Crippen LogP contribution in [0.5, 0.6) is 5.75 Å². The molecule has 3 aromatic rings. The summed E-state index contributed by atoms with van der Waals surface area (Å²) < 4.78 is 51.1. The smallest absolute Gasteiger partial charge is 0.416 e. The number of nitrogens with one attached hydrogen (secondary N) is 3. The molecule has 4 heterocycles. The van der Waals surface area contributed by atoms with Gasteiger partial charge >= 0.3 is 6.18 Å². The lowest BCUT2D eigenvalue weighted by Crippen LogP contribution is -2.44. The first-order valence-corrected chi connectivity index (χ1v) is 13.8. The van der Waals surface area contributed by atoms with E-state index in [0.29, 0.717) is 49.0 Å². The van der Waals surface area contributed by atoms with Crippen molar-refractivity contribution < 1.29 is 32.2 Å². The summed E-state index contributed by atoms with van der Waals surface area (Å²) >= 11 is 0. The van der Waals surface area contributed by atoms with E-state index in [1.165, 1.54) is 19.2 Å². The molecule has 2 amide bonds. The molecule has 2 aromatic carbocycles. The molecule has 3 aliphatic heterocycles. The van der Waals surface area contributed by atoms with Crippen LogP contribution in [0.1, 0.15) is 26.4 Å². The Kier molecular flexibility index (Phi) is 6.39. The van der Waals surface area contributed by atoms with Crippen LogP contribution in [0.3, 0.4) is 0 Å². The number of anilines is 2. The molecule has 220 valence electrons. The molecule has 1 aromatic heterocycles. The van der Waals surface area contributed by atoms with Gasteiger partial charge in [-0.15, -0.1) is 5.53 Å². The number of aromatic nitrogens is 1. The topological polar surface area (TPSA) is 108 Å². The third-order valence-electron chi connectivity index (χ3n) is 9.02. The van der Waals surface area contributed by atoms with Crippen molar-refractivity contribution >= 4 is 34.1 Å². The van der Waals surface area contributed by atoms with Crippen LogP contribution in [-0.2, 0) is 10.9 Å². The molecule has 13 heteroatoms. The third kappa shape index (κ3) is 4.47. The summed E-state index contributed by atoms with van der Waals surface area (Å²) in [5.74, 6) is 1.09. The number of alkyl halides is 3. The first-order chi connectivity index (χ1) is 20.2. The van der Waals surface area contributed by atoms with Gasteiger partial charge in [-0.25, -0.2) is 4.98 Å². The molecule has 0 radical (unpaired) electrons. The number of carbonyl (C=O) groups excluding carboxylic acids is 2. The number of nitrogens with zero attached hydrogens (tertiary/aromatic N) is 3. The number of amides is 2. The van der Waals surface area contributed by atoms with Crippen LogP contribution >= 0.6 is 0 Å². The minimum atomic E-state index is -4.54. The Hall–Kier alpha value is -4.10. The normalized spacial score (nSPS) is 24.0. The van der Waals surface area contributed by atoms with Crippen LogP contribution in [0.25, 0.3) is 10.9 Å². The number of carbonyl (C=O) groups is 2. The maximum atomic E-state index is 13.6. The summed E-state index contributed by atoms with van der Waals surface area (Å²) in [6, 6.07) is 10.2. The SMILES string of the molecule is COCCOc1cc(C(=O)N2CC3C(C2)[C@@H]2CN(C(=O)c4ccc5c(c4)NNN5)C[C@H]32)nc2cc(C(F)(F)F)ccc12. The van der Waals surface area contributed by atoms with E-state index in [1.54, 1.807) is 4.90 Å². The predicted molar refractivity (Wildman–Crippen MR) is 147 cm³/mol. The average Bonchev–Trinajstić information content (AvgIpc) is 3.70. The Morgan fingerprint density at radius 2 is 1.55 bits per heavy atom. The number of halogens is 3. The van der Waals surface area contributed by atoms with Crippen LogP contribution in [-0.4, -0.2) is 73.1 Å². The molecule has 0 bridgehead atoms. The zero-order chi connectivity index (χ0) is 29.2. The van der Waals surface area contributed by atoms with Crippen LogP contribution in [0.2, 0.25) is 0 Å². The molecule has 4 aliphatic rings. The maximum Gasteiger partial charge on any atom is 0.416 e. The van der Waals surface area contributed by atoms with Crippen LogP contribution in [0.4, 0.5) is 24.5 Å². The molecule has 2 unspecified atom stereocenters. The van der Waals surface area contributed by atoms with Crippen molar-refractivity contribution in [3.63, 3.8) is 0 Å². The van der Waals surface area contributed by atoms with E-state index >= 15 is 0 Å². The number of hydrogen-bond acceptors (Lipinski definition) is 8. The van der Waals surface area contributed by atoms with Crippen molar-refractivity contribution in [2.45, 2.75) is 6.18 Å². The van der Waals surface area contributed by atoms with Gasteiger partial charge in [0.1, 0.15) is 18.1 Å². The van der Waals surface area contributed by atoms with E-state index in [9.17, 15) is 22.8 Å². The Labute approximate surface area is 239 Å². The first kappa shape index (κ1) is 26.8. The molecular weight excluding hydrogens is 553 g/mol. The standard InChI is InChI=1S/C29H29F3N6O4/c1-41-6-7-42-26-10-25(33-23-9-16(29(30,31)32)3-4-17(23)26)28(40)38-13-20-18-11-37(12-19(18)21(20)14-38)27(39)15-2-5-22-24(8-15)35-36-34-22/h2-5,8-10,18-21,34-36H,6-7,11-14H2,1H3/t18-,19+,20?,21?. The molecule has 42 heavy (non-hydrogen) atoms.